The molecular formula is C11H15N3O3. The average molecular weight is 237 g/mol. The molecule has 1 aliphatic rings. The van der Waals surface area contributed by atoms with Crippen molar-refractivity contribution in [2.24, 2.45) is 0 Å². The minimum Gasteiger partial charge on any atom is -0.476 e. The van der Waals surface area contributed by atoms with Gasteiger partial charge < -0.3 is 10.1 Å². The lowest BCUT2D eigenvalue weighted by Crippen LogP contribution is -2.38. The first kappa shape index (κ1) is 11.8. The smallest absolute Gasteiger partial charge is 0.287 e. The summed E-state index contributed by atoms with van der Waals surface area (Å²) in [6.45, 7) is 1.59. The third-order valence-electron chi connectivity index (χ3n) is 2.78. The molecule has 1 aromatic rings. The fraction of sp³-hybridized carbons (Fsp3) is 0.545. The molecular weight excluding hydrogens is 222 g/mol. The molecule has 0 spiro atoms. The molecule has 1 fully saturated rings. The summed E-state index contributed by atoms with van der Waals surface area (Å²) in [6, 6.07) is 3.29. The predicted molar refractivity (Wildman–Crippen MR) is 62.0 cm³/mol. The molecule has 2 heterocycles. The van der Waals surface area contributed by atoms with Crippen molar-refractivity contribution >= 4 is 5.69 Å². The van der Waals surface area contributed by atoms with Crippen LogP contribution >= 0.6 is 0 Å². The van der Waals surface area contributed by atoms with Crippen LogP contribution in [0.25, 0.3) is 0 Å². The number of hydrogen-bond donors (Lipinski definition) is 1. The van der Waals surface area contributed by atoms with Gasteiger partial charge in [0.05, 0.1) is 4.92 Å². The number of pyridine rings is 1. The monoisotopic (exact) mass is 237 g/mol. The van der Waals surface area contributed by atoms with Gasteiger partial charge in [0.15, 0.2) is 0 Å². The summed E-state index contributed by atoms with van der Waals surface area (Å²) in [5.74, 6) is 0.433. The molecule has 0 aromatic carbocycles. The van der Waals surface area contributed by atoms with Crippen LogP contribution in [0.1, 0.15) is 19.3 Å². The number of hydrogen-bond acceptors (Lipinski definition) is 5. The third-order valence-corrected chi connectivity index (χ3v) is 2.78. The number of ether oxygens (including phenoxy) is 1. The Labute approximate surface area is 99.2 Å². The van der Waals surface area contributed by atoms with E-state index in [-0.39, 0.29) is 5.69 Å². The predicted octanol–water partition coefficient (Wildman–Crippen LogP) is 1.51. The maximum Gasteiger partial charge on any atom is 0.287 e. The summed E-state index contributed by atoms with van der Waals surface area (Å²) in [6.07, 6.45) is 4.75. The Bertz CT molecular complexity index is 374. The second-order valence-electron chi connectivity index (χ2n) is 4.07. The van der Waals surface area contributed by atoms with Crippen molar-refractivity contribution in [3.8, 4) is 5.88 Å². The molecule has 1 aromatic heterocycles. The van der Waals surface area contributed by atoms with Gasteiger partial charge in [-0.1, -0.05) is 6.42 Å². The van der Waals surface area contributed by atoms with Crippen molar-refractivity contribution in [1.82, 2.24) is 10.3 Å². The van der Waals surface area contributed by atoms with Crippen molar-refractivity contribution in [1.29, 1.82) is 0 Å². The summed E-state index contributed by atoms with van der Waals surface area (Å²) < 4.78 is 5.48. The Hall–Kier alpha value is -1.69. The number of nitrogens with zero attached hydrogens (tertiary/aromatic N) is 2. The van der Waals surface area contributed by atoms with Crippen LogP contribution < -0.4 is 10.1 Å². The van der Waals surface area contributed by atoms with E-state index in [1.807, 2.05) is 0 Å². The summed E-state index contributed by atoms with van der Waals surface area (Å²) in [7, 11) is 0. The Balaban J connectivity index is 1.84. The maximum absolute atomic E-state index is 10.4. The molecule has 0 aliphatic carbocycles. The number of nitro groups is 1. The largest absolute Gasteiger partial charge is 0.476 e. The van der Waals surface area contributed by atoms with Crippen LogP contribution in [0.5, 0.6) is 5.88 Å². The molecule has 0 amide bonds. The normalized spacial score (nSPS) is 19.9. The minimum absolute atomic E-state index is 0.0202. The van der Waals surface area contributed by atoms with Crippen molar-refractivity contribution in [2.75, 3.05) is 13.2 Å². The Kier molecular flexibility index (Phi) is 3.87. The topological polar surface area (TPSA) is 77.3 Å². The van der Waals surface area contributed by atoms with E-state index in [9.17, 15) is 10.1 Å². The van der Waals surface area contributed by atoms with Gasteiger partial charge in [0.2, 0.25) is 5.88 Å². The highest BCUT2D eigenvalue weighted by Crippen LogP contribution is 2.14. The molecule has 17 heavy (non-hydrogen) atoms. The van der Waals surface area contributed by atoms with Crippen molar-refractivity contribution in [2.45, 2.75) is 25.3 Å². The zero-order valence-electron chi connectivity index (χ0n) is 9.46. The van der Waals surface area contributed by atoms with Gasteiger partial charge in [-0.15, -0.1) is 0 Å². The highest BCUT2D eigenvalue weighted by Gasteiger charge is 2.13. The van der Waals surface area contributed by atoms with Crippen molar-refractivity contribution in [3.63, 3.8) is 0 Å². The van der Waals surface area contributed by atoms with Gasteiger partial charge in [-0.05, 0) is 19.4 Å². The molecule has 1 aliphatic heterocycles. The van der Waals surface area contributed by atoms with E-state index < -0.39 is 4.92 Å². The first-order chi connectivity index (χ1) is 8.25. The van der Waals surface area contributed by atoms with Gasteiger partial charge in [0.25, 0.3) is 5.69 Å². The molecule has 1 saturated heterocycles. The average Bonchev–Trinajstić information content (AvgIpc) is 2.38. The second kappa shape index (κ2) is 5.58. The zero-order chi connectivity index (χ0) is 12.1. The number of nitrogens with one attached hydrogen (secondary N) is 1. The number of rotatable bonds is 4. The Morgan fingerprint density at radius 1 is 1.53 bits per heavy atom. The zero-order valence-corrected chi connectivity index (χ0v) is 9.46. The highest BCUT2D eigenvalue weighted by molar-refractivity contribution is 5.28. The minimum atomic E-state index is -0.473. The fourth-order valence-electron chi connectivity index (χ4n) is 1.82. The van der Waals surface area contributed by atoms with Gasteiger partial charge in [-0.3, -0.25) is 10.1 Å². The van der Waals surface area contributed by atoms with Crippen LogP contribution in [-0.2, 0) is 0 Å². The highest BCUT2D eigenvalue weighted by atomic mass is 16.6. The van der Waals surface area contributed by atoms with Crippen LogP contribution in [0.3, 0.4) is 0 Å². The van der Waals surface area contributed by atoms with Crippen LogP contribution in [0.15, 0.2) is 18.3 Å². The van der Waals surface area contributed by atoms with E-state index in [2.05, 4.69) is 10.3 Å². The molecule has 0 saturated carbocycles. The lowest BCUT2D eigenvalue weighted by atomic mass is 10.1. The molecule has 0 radical (unpaired) electrons. The van der Waals surface area contributed by atoms with Crippen LogP contribution in [0, 0.1) is 10.1 Å². The molecule has 6 nitrogen and oxygen atoms in total. The Morgan fingerprint density at radius 3 is 3.00 bits per heavy atom. The van der Waals surface area contributed by atoms with Crippen molar-refractivity contribution < 1.29 is 9.66 Å². The molecule has 1 atom stereocenters. The Morgan fingerprint density at radius 2 is 2.41 bits per heavy atom. The summed E-state index contributed by atoms with van der Waals surface area (Å²) in [4.78, 5) is 13.9. The molecule has 0 unspecified atom stereocenters. The van der Waals surface area contributed by atoms with E-state index in [0.717, 1.165) is 13.0 Å². The van der Waals surface area contributed by atoms with E-state index in [1.54, 1.807) is 0 Å². The summed E-state index contributed by atoms with van der Waals surface area (Å²) in [5.41, 5.74) is -0.0202. The number of aromatic nitrogens is 1. The number of piperidine rings is 1. The molecule has 92 valence electrons. The lowest BCUT2D eigenvalue weighted by molar-refractivity contribution is -0.385. The maximum atomic E-state index is 10.4. The molecule has 0 bridgehead atoms. The molecule has 1 N–H and O–H groups in total. The van der Waals surface area contributed by atoms with E-state index in [1.165, 1.54) is 31.2 Å². The second-order valence-corrected chi connectivity index (χ2v) is 4.07. The first-order valence-corrected chi connectivity index (χ1v) is 5.72. The van der Waals surface area contributed by atoms with Crippen LogP contribution in [0.2, 0.25) is 0 Å². The van der Waals surface area contributed by atoms with E-state index in [0.29, 0.717) is 18.5 Å². The lowest BCUT2D eigenvalue weighted by Gasteiger charge is -2.23. The first-order valence-electron chi connectivity index (χ1n) is 5.72. The van der Waals surface area contributed by atoms with Crippen LogP contribution in [0.4, 0.5) is 5.69 Å². The molecule has 6 heteroatoms. The summed E-state index contributed by atoms with van der Waals surface area (Å²) in [5, 5.41) is 13.8. The van der Waals surface area contributed by atoms with Crippen LogP contribution in [-0.4, -0.2) is 29.1 Å². The molecule has 2 rings (SSSR count). The van der Waals surface area contributed by atoms with E-state index in [4.69, 9.17) is 4.74 Å². The summed E-state index contributed by atoms with van der Waals surface area (Å²) >= 11 is 0. The van der Waals surface area contributed by atoms with Crippen molar-refractivity contribution in [3.05, 3.63) is 28.4 Å². The van der Waals surface area contributed by atoms with Gasteiger partial charge in [-0.25, -0.2) is 4.98 Å². The van der Waals surface area contributed by atoms with Gasteiger partial charge in [-0.2, -0.15) is 0 Å². The third kappa shape index (κ3) is 3.39. The van der Waals surface area contributed by atoms with Gasteiger partial charge in [0.1, 0.15) is 12.8 Å². The SMILES string of the molecule is O=[N+]([O-])c1ccc(OC[C@@H]2CCCCN2)nc1. The fourth-order valence-corrected chi connectivity index (χ4v) is 1.82. The van der Waals surface area contributed by atoms with E-state index >= 15 is 0 Å². The standard InChI is InChI=1S/C11H15N3O3/c15-14(16)10-4-5-11(13-7-10)17-8-9-3-1-2-6-12-9/h4-5,7,9,12H,1-3,6,8H2/t9-/m0/s1. The van der Waals surface area contributed by atoms with Gasteiger partial charge in [0, 0.05) is 18.2 Å². The van der Waals surface area contributed by atoms with Gasteiger partial charge >= 0.3 is 0 Å². The quantitative estimate of drug-likeness (QED) is 0.634.